The molecule has 2 N–H and O–H groups in total. The molecule has 7 heteroatoms. The molecule has 7 nitrogen and oxygen atoms in total. The average molecular weight is 420 g/mol. The second kappa shape index (κ2) is 11.5. The van der Waals surface area contributed by atoms with Gasteiger partial charge in [-0.15, -0.1) is 0 Å². The number of fused-ring (bicyclic) bond motifs is 1. The van der Waals surface area contributed by atoms with E-state index in [9.17, 15) is 9.59 Å². The molecule has 0 aromatic heterocycles. The summed E-state index contributed by atoms with van der Waals surface area (Å²) in [6.07, 6.45) is 0.853. The zero-order chi connectivity index (χ0) is 22.9. The number of likely N-dealkylation sites (tertiary alicyclic amines) is 1. The zero-order valence-corrected chi connectivity index (χ0v) is 19.6. The average Bonchev–Trinajstić information content (AvgIpc) is 2.74. The molecule has 1 aromatic carbocycles. The van der Waals surface area contributed by atoms with Crippen LogP contribution in [0.1, 0.15) is 61.3 Å². The molecule has 168 valence electrons. The molecule has 0 spiro atoms. The lowest BCUT2D eigenvalue weighted by atomic mass is 10.0. The normalized spacial score (nSPS) is 15.3. The minimum atomic E-state index is -0.517. The van der Waals surface area contributed by atoms with E-state index in [1.54, 1.807) is 11.9 Å². The van der Waals surface area contributed by atoms with Crippen LogP contribution in [0.3, 0.4) is 0 Å². The summed E-state index contributed by atoms with van der Waals surface area (Å²) in [5.41, 5.74) is 1.86. The molecule has 1 saturated heterocycles. The van der Waals surface area contributed by atoms with Gasteiger partial charge in [0.15, 0.2) is 11.5 Å². The monoisotopic (exact) mass is 419 g/mol. The number of nitrogens with one attached hydrogen (secondary N) is 2. The molecule has 0 radical (unpaired) electrons. The Kier molecular flexibility index (Phi) is 9.69. The molecule has 1 aromatic rings. The van der Waals surface area contributed by atoms with E-state index in [1.807, 2.05) is 66.7 Å². The van der Waals surface area contributed by atoms with Gasteiger partial charge >= 0.3 is 6.09 Å². The number of ether oxygens (including phenoxy) is 2. The maximum absolute atomic E-state index is 12.5. The Balaban J connectivity index is 0.00000106. The number of para-hydroxylation sites is 1. The van der Waals surface area contributed by atoms with Gasteiger partial charge in [-0.05, 0) is 51.3 Å². The Morgan fingerprint density at radius 2 is 1.73 bits per heavy atom. The third-order valence-electron chi connectivity index (χ3n) is 4.29. The first-order valence-electron chi connectivity index (χ1n) is 10.8. The van der Waals surface area contributed by atoms with Gasteiger partial charge in [0, 0.05) is 20.1 Å². The Hall–Kier alpha value is -2.70. The molecule has 2 heterocycles. The van der Waals surface area contributed by atoms with E-state index in [2.05, 4.69) is 10.6 Å². The highest BCUT2D eigenvalue weighted by Gasteiger charge is 2.31. The summed E-state index contributed by atoms with van der Waals surface area (Å²) in [4.78, 5) is 26.3. The van der Waals surface area contributed by atoms with Crippen molar-refractivity contribution in [2.75, 3.05) is 30.8 Å². The van der Waals surface area contributed by atoms with Crippen molar-refractivity contribution in [2.45, 2.75) is 66.9 Å². The van der Waals surface area contributed by atoms with Crippen LogP contribution in [0.4, 0.5) is 16.2 Å². The number of anilines is 2. The predicted octanol–water partition coefficient (Wildman–Crippen LogP) is 5.40. The van der Waals surface area contributed by atoms with Crippen LogP contribution in [-0.4, -0.2) is 42.6 Å². The van der Waals surface area contributed by atoms with Gasteiger partial charge < -0.3 is 25.0 Å². The van der Waals surface area contributed by atoms with Crippen molar-refractivity contribution in [1.82, 2.24) is 4.90 Å². The molecule has 30 heavy (non-hydrogen) atoms. The number of carbonyl (C=O) groups excluding carboxylic acids is 2. The third kappa shape index (κ3) is 6.40. The van der Waals surface area contributed by atoms with Crippen molar-refractivity contribution in [1.29, 1.82) is 0 Å². The minimum Gasteiger partial charge on any atom is -0.449 e. The Bertz CT molecular complexity index is 756. The highest BCUT2D eigenvalue weighted by molar-refractivity contribution is 6.08. The van der Waals surface area contributed by atoms with Gasteiger partial charge in [-0.2, -0.15) is 0 Å². The van der Waals surface area contributed by atoms with Gasteiger partial charge in [-0.25, -0.2) is 4.79 Å². The number of nitrogens with zero attached hydrogens (tertiary/aromatic N) is 1. The summed E-state index contributed by atoms with van der Waals surface area (Å²) in [6.45, 7) is 14.6. The van der Waals surface area contributed by atoms with E-state index in [0.29, 0.717) is 43.1 Å². The summed E-state index contributed by atoms with van der Waals surface area (Å²) in [6, 6.07) is 5.57. The molecule has 3 rings (SSSR count). The first-order chi connectivity index (χ1) is 14.3. The lowest BCUT2D eigenvalue weighted by Crippen LogP contribution is -2.41. The fourth-order valence-corrected chi connectivity index (χ4v) is 3.03. The molecule has 0 bridgehead atoms. The molecule has 1 fully saturated rings. The molecule has 0 saturated carbocycles. The van der Waals surface area contributed by atoms with Crippen LogP contribution in [-0.2, 0) is 9.53 Å². The number of benzene rings is 1. The van der Waals surface area contributed by atoms with Gasteiger partial charge in [0.25, 0.3) is 5.91 Å². The Morgan fingerprint density at radius 3 is 2.27 bits per heavy atom. The summed E-state index contributed by atoms with van der Waals surface area (Å²) in [5.74, 6) is 0.712. The standard InChI is InChI=1S/C19H25N3O4.2C2H6/c1-19(2,3)26-18(24)22-10-8-12(9-11-22)16-17(23)21-15-13(20-4)6-5-7-14(15)25-16;2*1-2/h5-7,20H,8-11H2,1-4H3,(H,21,23);2*1-2H3. The highest BCUT2D eigenvalue weighted by Crippen LogP contribution is 2.38. The number of hydrogen-bond donors (Lipinski definition) is 2. The van der Waals surface area contributed by atoms with E-state index < -0.39 is 5.60 Å². The lowest BCUT2D eigenvalue weighted by Gasteiger charge is -2.32. The van der Waals surface area contributed by atoms with E-state index in [4.69, 9.17) is 9.47 Å². The Morgan fingerprint density at radius 1 is 1.13 bits per heavy atom. The van der Waals surface area contributed by atoms with Gasteiger partial charge in [0.2, 0.25) is 0 Å². The van der Waals surface area contributed by atoms with Crippen molar-refractivity contribution in [2.24, 2.45) is 0 Å². The summed E-state index contributed by atoms with van der Waals surface area (Å²) in [5, 5.41) is 5.94. The maximum atomic E-state index is 12.5. The molecule has 0 unspecified atom stereocenters. The predicted molar refractivity (Wildman–Crippen MR) is 122 cm³/mol. The highest BCUT2D eigenvalue weighted by atomic mass is 16.6. The second-order valence-electron chi connectivity index (χ2n) is 7.38. The number of carbonyl (C=O) groups is 2. The fraction of sp³-hybridized carbons (Fsp3) is 0.565. The van der Waals surface area contributed by atoms with Crippen LogP contribution < -0.4 is 15.4 Å². The van der Waals surface area contributed by atoms with Crippen LogP contribution in [0, 0.1) is 0 Å². The number of hydrogen-bond acceptors (Lipinski definition) is 5. The van der Waals surface area contributed by atoms with Gasteiger partial charge in [0.05, 0.1) is 5.69 Å². The SMILES string of the molecule is CC.CC.CNc1cccc2c1NC(=O)C(=C1CCN(C(=O)OC(C)(C)C)CC1)O2. The summed E-state index contributed by atoms with van der Waals surface area (Å²) in [7, 11) is 1.79. The van der Waals surface area contributed by atoms with Gasteiger partial charge in [0.1, 0.15) is 11.3 Å². The van der Waals surface area contributed by atoms with Crippen molar-refractivity contribution in [3.8, 4) is 5.75 Å². The van der Waals surface area contributed by atoms with Crippen molar-refractivity contribution in [3.05, 3.63) is 29.5 Å². The number of rotatable bonds is 1. The topological polar surface area (TPSA) is 79.9 Å². The van der Waals surface area contributed by atoms with E-state index >= 15 is 0 Å². The summed E-state index contributed by atoms with van der Waals surface area (Å²) < 4.78 is 11.3. The maximum Gasteiger partial charge on any atom is 0.410 e. The van der Waals surface area contributed by atoms with Crippen molar-refractivity contribution < 1.29 is 19.1 Å². The van der Waals surface area contributed by atoms with Crippen molar-refractivity contribution in [3.63, 3.8) is 0 Å². The first kappa shape index (κ1) is 25.3. The van der Waals surface area contributed by atoms with Crippen LogP contribution in [0.2, 0.25) is 0 Å². The molecular formula is C23H37N3O4. The molecule has 2 aliphatic heterocycles. The smallest absolute Gasteiger partial charge is 0.410 e. The largest absolute Gasteiger partial charge is 0.449 e. The molecule has 0 atom stereocenters. The van der Waals surface area contributed by atoms with Crippen LogP contribution >= 0.6 is 0 Å². The van der Waals surface area contributed by atoms with E-state index in [0.717, 1.165) is 11.3 Å². The Labute approximate surface area is 180 Å². The van der Waals surface area contributed by atoms with Crippen LogP contribution in [0.25, 0.3) is 0 Å². The van der Waals surface area contributed by atoms with Crippen LogP contribution in [0.5, 0.6) is 5.75 Å². The number of amides is 2. The lowest BCUT2D eigenvalue weighted by molar-refractivity contribution is -0.115. The van der Waals surface area contributed by atoms with Crippen LogP contribution in [0.15, 0.2) is 29.5 Å². The molecule has 2 aliphatic rings. The van der Waals surface area contributed by atoms with Crippen molar-refractivity contribution >= 4 is 23.4 Å². The molecule has 2 amide bonds. The van der Waals surface area contributed by atoms with E-state index in [1.165, 1.54) is 0 Å². The fourth-order valence-electron chi connectivity index (χ4n) is 3.03. The minimum absolute atomic E-state index is 0.249. The summed E-state index contributed by atoms with van der Waals surface area (Å²) >= 11 is 0. The molecule has 0 aliphatic carbocycles. The quantitative estimate of drug-likeness (QED) is 0.596. The molecular weight excluding hydrogens is 382 g/mol. The first-order valence-corrected chi connectivity index (χ1v) is 10.8. The zero-order valence-electron chi connectivity index (χ0n) is 19.6. The third-order valence-corrected chi connectivity index (χ3v) is 4.29. The van der Waals surface area contributed by atoms with Gasteiger partial charge in [-0.1, -0.05) is 33.8 Å². The second-order valence-corrected chi connectivity index (χ2v) is 7.38. The van der Waals surface area contributed by atoms with Gasteiger partial charge in [-0.3, -0.25) is 4.79 Å². The van der Waals surface area contributed by atoms with E-state index in [-0.39, 0.29) is 12.0 Å². The number of piperidine rings is 1.